The first-order valence-corrected chi connectivity index (χ1v) is 6.55. The molecule has 0 radical (unpaired) electrons. The van der Waals surface area contributed by atoms with E-state index >= 15 is 0 Å². The smallest absolute Gasteiger partial charge is 0.170 e. The number of nitrogens with zero attached hydrogens (tertiary/aromatic N) is 1. The maximum Gasteiger partial charge on any atom is 0.170 e. The molecule has 0 saturated heterocycles. The maximum atomic E-state index is 8.60. The fraction of sp³-hybridized carbons (Fsp3) is 0.133. The second-order valence-corrected chi connectivity index (χ2v) is 4.93. The lowest BCUT2D eigenvalue weighted by Gasteiger charge is -2.10. The first-order chi connectivity index (χ1) is 9.60. The molecule has 0 atom stereocenters. The quantitative estimate of drug-likeness (QED) is 0.350. The van der Waals surface area contributed by atoms with Gasteiger partial charge in [0, 0.05) is 12.1 Å². The SMILES string of the molecule is Cc1ccc(Cl)c(NCc2ccc(/C(N)=N/O)cc2)c1. The Morgan fingerprint density at radius 2 is 1.95 bits per heavy atom. The molecule has 5 heteroatoms. The molecular weight excluding hydrogens is 274 g/mol. The van der Waals surface area contributed by atoms with Crippen LogP contribution < -0.4 is 11.1 Å². The number of aryl methyl sites for hydroxylation is 1. The van der Waals surface area contributed by atoms with E-state index in [1.54, 1.807) is 0 Å². The molecule has 0 unspecified atom stereocenters. The zero-order chi connectivity index (χ0) is 14.5. The van der Waals surface area contributed by atoms with Crippen molar-refractivity contribution in [3.05, 3.63) is 64.2 Å². The van der Waals surface area contributed by atoms with E-state index in [2.05, 4.69) is 10.5 Å². The van der Waals surface area contributed by atoms with Crippen molar-refractivity contribution in [2.45, 2.75) is 13.5 Å². The molecule has 20 heavy (non-hydrogen) atoms. The van der Waals surface area contributed by atoms with Gasteiger partial charge in [-0.05, 0) is 30.2 Å². The minimum atomic E-state index is 0.103. The fourth-order valence-electron chi connectivity index (χ4n) is 1.82. The van der Waals surface area contributed by atoms with Crippen LogP contribution in [0.3, 0.4) is 0 Å². The molecule has 0 fully saturated rings. The number of nitrogens with two attached hydrogens (primary N) is 1. The van der Waals surface area contributed by atoms with Crippen LogP contribution in [0.25, 0.3) is 0 Å². The molecule has 0 saturated carbocycles. The summed E-state index contributed by atoms with van der Waals surface area (Å²) in [5.74, 6) is 0.103. The van der Waals surface area contributed by atoms with Crippen molar-refractivity contribution in [2.75, 3.05) is 5.32 Å². The monoisotopic (exact) mass is 289 g/mol. The largest absolute Gasteiger partial charge is 0.409 e. The Labute approximate surface area is 122 Å². The van der Waals surface area contributed by atoms with Gasteiger partial charge in [-0.1, -0.05) is 47.1 Å². The maximum absolute atomic E-state index is 8.60. The van der Waals surface area contributed by atoms with Gasteiger partial charge in [0.2, 0.25) is 0 Å². The first kappa shape index (κ1) is 14.2. The molecule has 2 aromatic rings. The van der Waals surface area contributed by atoms with Gasteiger partial charge in [-0.25, -0.2) is 0 Å². The number of anilines is 1. The standard InChI is InChI=1S/C15H16ClN3O/c1-10-2-7-13(16)14(8-10)18-9-11-3-5-12(6-4-11)15(17)19-20/h2-8,18,20H,9H2,1H3,(H2,17,19). The van der Waals surface area contributed by atoms with Crippen molar-refractivity contribution in [3.8, 4) is 0 Å². The molecule has 0 aliphatic carbocycles. The third-order valence-electron chi connectivity index (χ3n) is 2.96. The van der Waals surface area contributed by atoms with E-state index < -0.39 is 0 Å². The van der Waals surface area contributed by atoms with E-state index in [9.17, 15) is 0 Å². The topological polar surface area (TPSA) is 70.6 Å². The number of oxime groups is 1. The molecule has 0 spiro atoms. The van der Waals surface area contributed by atoms with Gasteiger partial charge in [-0.15, -0.1) is 0 Å². The van der Waals surface area contributed by atoms with Gasteiger partial charge in [0.15, 0.2) is 5.84 Å². The number of hydrogen-bond donors (Lipinski definition) is 3. The van der Waals surface area contributed by atoms with E-state index in [1.807, 2.05) is 49.4 Å². The van der Waals surface area contributed by atoms with Crippen LogP contribution in [0.4, 0.5) is 5.69 Å². The highest BCUT2D eigenvalue weighted by molar-refractivity contribution is 6.33. The highest BCUT2D eigenvalue weighted by Gasteiger charge is 2.02. The van der Waals surface area contributed by atoms with Gasteiger partial charge in [-0.3, -0.25) is 0 Å². The minimum Gasteiger partial charge on any atom is -0.409 e. The summed E-state index contributed by atoms with van der Waals surface area (Å²) in [6, 6.07) is 13.3. The minimum absolute atomic E-state index is 0.103. The Kier molecular flexibility index (Phi) is 4.48. The molecule has 4 nitrogen and oxygen atoms in total. The third-order valence-corrected chi connectivity index (χ3v) is 3.29. The average molecular weight is 290 g/mol. The first-order valence-electron chi connectivity index (χ1n) is 6.17. The van der Waals surface area contributed by atoms with Crippen molar-refractivity contribution < 1.29 is 5.21 Å². The highest BCUT2D eigenvalue weighted by atomic mass is 35.5. The summed E-state index contributed by atoms with van der Waals surface area (Å²) in [6.07, 6.45) is 0. The number of nitrogens with one attached hydrogen (secondary N) is 1. The van der Waals surface area contributed by atoms with Crippen molar-refractivity contribution in [1.29, 1.82) is 0 Å². The predicted molar refractivity (Wildman–Crippen MR) is 82.5 cm³/mol. The average Bonchev–Trinajstić information content (AvgIpc) is 2.48. The van der Waals surface area contributed by atoms with Crippen LogP contribution in [0.5, 0.6) is 0 Å². The van der Waals surface area contributed by atoms with Crippen molar-refractivity contribution in [1.82, 2.24) is 0 Å². The molecule has 0 aromatic heterocycles. The Bertz CT molecular complexity index is 624. The van der Waals surface area contributed by atoms with Gasteiger partial charge >= 0.3 is 0 Å². The van der Waals surface area contributed by atoms with Crippen LogP contribution in [-0.2, 0) is 6.54 Å². The Hall–Kier alpha value is -2.20. The van der Waals surface area contributed by atoms with Crippen molar-refractivity contribution in [3.63, 3.8) is 0 Å². The van der Waals surface area contributed by atoms with Crippen molar-refractivity contribution in [2.24, 2.45) is 10.9 Å². The summed E-state index contributed by atoms with van der Waals surface area (Å²) >= 11 is 6.13. The molecule has 0 amide bonds. The zero-order valence-electron chi connectivity index (χ0n) is 11.1. The molecule has 0 aliphatic heterocycles. The van der Waals surface area contributed by atoms with Crippen LogP contribution in [-0.4, -0.2) is 11.0 Å². The number of halogens is 1. The Morgan fingerprint density at radius 1 is 1.25 bits per heavy atom. The zero-order valence-corrected chi connectivity index (χ0v) is 11.9. The highest BCUT2D eigenvalue weighted by Crippen LogP contribution is 2.23. The molecule has 0 bridgehead atoms. The summed E-state index contributed by atoms with van der Waals surface area (Å²) in [4.78, 5) is 0. The summed E-state index contributed by atoms with van der Waals surface area (Å²) in [5, 5.41) is 15.6. The van der Waals surface area contributed by atoms with Crippen LogP contribution in [0, 0.1) is 6.92 Å². The normalized spacial score (nSPS) is 11.4. The molecule has 2 rings (SSSR count). The summed E-state index contributed by atoms with van der Waals surface area (Å²) in [6.45, 7) is 2.67. The number of rotatable bonds is 4. The van der Waals surface area contributed by atoms with Crippen LogP contribution >= 0.6 is 11.6 Å². The molecule has 0 heterocycles. The van der Waals surface area contributed by atoms with E-state index in [-0.39, 0.29) is 5.84 Å². The second kappa shape index (κ2) is 6.30. The number of benzene rings is 2. The van der Waals surface area contributed by atoms with Gasteiger partial charge in [0.1, 0.15) is 0 Å². The van der Waals surface area contributed by atoms with E-state index in [1.165, 1.54) is 0 Å². The van der Waals surface area contributed by atoms with Gasteiger partial charge in [0.05, 0.1) is 10.7 Å². The fourth-order valence-corrected chi connectivity index (χ4v) is 2.01. The number of hydrogen-bond acceptors (Lipinski definition) is 3. The lowest BCUT2D eigenvalue weighted by atomic mass is 10.1. The van der Waals surface area contributed by atoms with Crippen LogP contribution in [0.1, 0.15) is 16.7 Å². The third kappa shape index (κ3) is 3.42. The molecule has 104 valence electrons. The molecule has 0 aliphatic rings. The predicted octanol–water partition coefficient (Wildman–Crippen LogP) is 3.36. The van der Waals surface area contributed by atoms with Crippen LogP contribution in [0.2, 0.25) is 5.02 Å². The van der Waals surface area contributed by atoms with Crippen LogP contribution in [0.15, 0.2) is 47.6 Å². The Morgan fingerprint density at radius 3 is 2.60 bits per heavy atom. The second-order valence-electron chi connectivity index (χ2n) is 4.52. The summed E-state index contributed by atoms with van der Waals surface area (Å²) in [5.41, 5.74) is 9.34. The van der Waals surface area contributed by atoms with Crippen molar-refractivity contribution >= 4 is 23.1 Å². The lowest BCUT2D eigenvalue weighted by molar-refractivity contribution is 0.318. The summed E-state index contributed by atoms with van der Waals surface area (Å²) in [7, 11) is 0. The van der Waals surface area contributed by atoms with Gasteiger partial charge in [0.25, 0.3) is 0 Å². The molecule has 4 N–H and O–H groups in total. The van der Waals surface area contributed by atoms with Gasteiger partial charge < -0.3 is 16.3 Å². The Balaban J connectivity index is 2.06. The summed E-state index contributed by atoms with van der Waals surface area (Å²) < 4.78 is 0. The van der Waals surface area contributed by atoms with E-state index in [0.717, 1.165) is 16.8 Å². The molecule has 2 aromatic carbocycles. The van der Waals surface area contributed by atoms with Gasteiger partial charge in [-0.2, -0.15) is 0 Å². The van der Waals surface area contributed by atoms with E-state index in [0.29, 0.717) is 17.1 Å². The number of amidine groups is 1. The molecular formula is C15H16ClN3O. The lowest BCUT2D eigenvalue weighted by Crippen LogP contribution is -2.13. The van der Waals surface area contributed by atoms with E-state index in [4.69, 9.17) is 22.5 Å².